The van der Waals surface area contributed by atoms with E-state index in [0.717, 1.165) is 31.0 Å². The van der Waals surface area contributed by atoms with E-state index in [1.54, 1.807) is 0 Å². The Labute approximate surface area is 221 Å². The van der Waals surface area contributed by atoms with Gasteiger partial charge in [-0.05, 0) is 112 Å². The number of rotatable bonds is 9. The number of likely N-dealkylation sites (N-methyl/N-ethyl adjacent to an activating group) is 1. The summed E-state index contributed by atoms with van der Waals surface area (Å²) >= 11 is 0. The standard InChI is InChI=1S/C33H49N3/c1-7-10-13-27(11-8-2)31(12-9-3)33-24(4)20-29-15-14-28(21-32(29)34-25(33)5)26-16-18-36(19-17-26)30-22-35(6)23-30/h7,9,12,14-15,21,24,26-27,30,34H,1,5,8,10-11,13,16-20,22-23H2,2-4,6H3/b12-9-,33-31+. The van der Waals surface area contributed by atoms with Crippen LogP contribution < -0.4 is 5.32 Å². The third kappa shape index (κ3) is 6.06. The maximum Gasteiger partial charge on any atom is 0.0419 e. The van der Waals surface area contributed by atoms with Gasteiger partial charge in [-0.3, -0.25) is 4.90 Å². The molecular formula is C33H49N3. The van der Waals surface area contributed by atoms with Crippen LogP contribution >= 0.6 is 0 Å². The summed E-state index contributed by atoms with van der Waals surface area (Å²) in [6.45, 7) is 20.4. The first kappa shape index (κ1) is 26.9. The van der Waals surface area contributed by atoms with E-state index in [9.17, 15) is 0 Å². The molecular weight excluding hydrogens is 438 g/mol. The average Bonchev–Trinajstić information content (AvgIpc) is 2.97. The van der Waals surface area contributed by atoms with Crippen molar-refractivity contribution >= 4 is 5.69 Å². The predicted octanol–water partition coefficient (Wildman–Crippen LogP) is 7.55. The van der Waals surface area contributed by atoms with Crippen LogP contribution in [-0.2, 0) is 6.42 Å². The third-order valence-corrected chi connectivity index (χ3v) is 8.78. The molecule has 2 saturated heterocycles. The SMILES string of the molecule is C=CCCC(CCC)C(/C=C\C)=C1/C(=C)Nc2cc(C3CCN(C4CN(C)C4)CC3)ccc2CC1C. The zero-order valence-corrected chi connectivity index (χ0v) is 23.4. The fraction of sp³-hybridized carbons (Fsp3) is 0.576. The highest BCUT2D eigenvalue weighted by Gasteiger charge is 2.32. The molecule has 2 unspecified atom stereocenters. The third-order valence-electron chi connectivity index (χ3n) is 8.78. The highest BCUT2D eigenvalue weighted by Crippen LogP contribution is 2.40. The van der Waals surface area contributed by atoms with Gasteiger partial charge < -0.3 is 10.2 Å². The summed E-state index contributed by atoms with van der Waals surface area (Å²) in [6, 6.07) is 8.05. The molecule has 0 bridgehead atoms. The molecule has 3 aliphatic heterocycles. The summed E-state index contributed by atoms with van der Waals surface area (Å²) in [5.41, 5.74) is 8.20. The lowest BCUT2D eigenvalue weighted by Gasteiger charge is -2.46. The first-order chi connectivity index (χ1) is 17.4. The average molecular weight is 488 g/mol. The summed E-state index contributed by atoms with van der Waals surface area (Å²) in [6.07, 6.45) is 14.9. The molecule has 0 amide bonds. The van der Waals surface area contributed by atoms with Crippen LogP contribution in [0.3, 0.4) is 0 Å². The number of piperidine rings is 1. The van der Waals surface area contributed by atoms with Crippen LogP contribution in [0, 0.1) is 11.8 Å². The fourth-order valence-electron chi connectivity index (χ4n) is 6.80. The lowest BCUT2D eigenvalue weighted by molar-refractivity contribution is 0.0363. The Hall–Kier alpha value is -2.10. The van der Waals surface area contributed by atoms with Crippen molar-refractivity contribution in [1.29, 1.82) is 0 Å². The van der Waals surface area contributed by atoms with Crippen molar-refractivity contribution < 1.29 is 0 Å². The molecule has 0 radical (unpaired) electrons. The van der Waals surface area contributed by atoms with Gasteiger partial charge >= 0.3 is 0 Å². The van der Waals surface area contributed by atoms with Gasteiger partial charge in [-0.2, -0.15) is 0 Å². The van der Waals surface area contributed by atoms with Crippen molar-refractivity contribution in [3.63, 3.8) is 0 Å². The van der Waals surface area contributed by atoms with Crippen LogP contribution in [0.5, 0.6) is 0 Å². The van der Waals surface area contributed by atoms with Crippen LogP contribution in [0.15, 0.2) is 66.4 Å². The second-order valence-electron chi connectivity index (χ2n) is 11.5. The van der Waals surface area contributed by atoms with E-state index in [4.69, 9.17) is 0 Å². The Bertz CT molecular complexity index is 973. The molecule has 2 atom stereocenters. The molecule has 36 heavy (non-hydrogen) atoms. The summed E-state index contributed by atoms with van der Waals surface area (Å²) in [7, 11) is 2.23. The quantitative estimate of drug-likeness (QED) is 0.363. The summed E-state index contributed by atoms with van der Waals surface area (Å²) in [5.74, 6) is 1.66. The summed E-state index contributed by atoms with van der Waals surface area (Å²) < 4.78 is 0. The van der Waals surface area contributed by atoms with Gasteiger partial charge in [0.2, 0.25) is 0 Å². The lowest BCUT2D eigenvalue weighted by atomic mass is 9.80. The van der Waals surface area contributed by atoms with Crippen molar-refractivity contribution in [2.24, 2.45) is 11.8 Å². The minimum atomic E-state index is 0.440. The molecule has 3 heterocycles. The van der Waals surface area contributed by atoms with E-state index in [2.05, 4.69) is 92.5 Å². The fourth-order valence-corrected chi connectivity index (χ4v) is 6.80. The van der Waals surface area contributed by atoms with E-state index >= 15 is 0 Å². The van der Waals surface area contributed by atoms with E-state index in [1.807, 2.05) is 0 Å². The highest BCUT2D eigenvalue weighted by atomic mass is 15.3. The Morgan fingerprint density at radius 1 is 1.19 bits per heavy atom. The Kier molecular flexibility index (Phi) is 9.30. The van der Waals surface area contributed by atoms with Crippen LogP contribution in [0.1, 0.15) is 76.3 Å². The Morgan fingerprint density at radius 3 is 2.58 bits per heavy atom. The number of allylic oxidation sites excluding steroid dienone is 5. The van der Waals surface area contributed by atoms with Crippen LogP contribution in [0.4, 0.5) is 5.69 Å². The molecule has 0 aliphatic carbocycles. The zero-order valence-electron chi connectivity index (χ0n) is 23.4. The van der Waals surface area contributed by atoms with Crippen molar-refractivity contribution in [3.05, 3.63) is 77.6 Å². The van der Waals surface area contributed by atoms with E-state index in [-0.39, 0.29) is 0 Å². The molecule has 0 spiro atoms. The minimum Gasteiger partial charge on any atom is -0.356 e. The van der Waals surface area contributed by atoms with E-state index in [0.29, 0.717) is 17.8 Å². The van der Waals surface area contributed by atoms with Crippen LogP contribution in [0.2, 0.25) is 0 Å². The molecule has 4 rings (SSSR count). The minimum absolute atomic E-state index is 0.440. The largest absolute Gasteiger partial charge is 0.356 e. The van der Waals surface area contributed by atoms with Gasteiger partial charge in [0.15, 0.2) is 0 Å². The van der Waals surface area contributed by atoms with Crippen molar-refractivity contribution in [2.45, 2.75) is 77.7 Å². The molecule has 3 nitrogen and oxygen atoms in total. The van der Waals surface area contributed by atoms with Gasteiger partial charge in [-0.1, -0.05) is 57.2 Å². The number of anilines is 1. The van der Waals surface area contributed by atoms with Crippen molar-refractivity contribution in [2.75, 3.05) is 38.5 Å². The van der Waals surface area contributed by atoms with Gasteiger partial charge in [0, 0.05) is 30.5 Å². The molecule has 3 heteroatoms. The number of benzene rings is 1. The van der Waals surface area contributed by atoms with Gasteiger partial charge in [-0.25, -0.2) is 0 Å². The van der Waals surface area contributed by atoms with Gasteiger partial charge in [0.25, 0.3) is 0 Å². The monoisotopic (exact) mass is 487 g/mol. The summed E-state index contributed by atoms with van der Waals surface area (Å²) in [5, 5.41) is 3.80. The number of hydrogen-bond acceptors (Lipinski definition) is 3. The van der Waals surface area contributed by atoms with Crippen molar-refractivity contribution in [1.82, 2.24) is 9.80 Å². The number of nitrogens with zero attached hydrogens (tertiary/aromatic N) is 2. The number of nitrogens with one attached hydrogen (secondary N) is 1. The molecule has 2 fully saturated rings. The Balaban J connectivity index is 1.54. The predicted molar refractivity (Wildman–Crippen MR) is 157 cm³/mol. The first-order valence-corrected chi connectivity index (χ1v) is 14.4. The normalized spacial score (nSPS) is 24.7. The second kappa shape index (κ2) is 12.4. The van der Waals surface area contributed by atoms with Gasteiger partial charge in [0.05, 0.1) is 0 Å². The molecule has 3 aliphatic rings. The molecule has 1 aromatic rings. The highest BCUT2D eigenvalue weighted by molar-refractivity contribution is 5.63. The van der Waals surface area contributed by atoms with Gasteiger partial charge in [0.1, 0.15) is 0 Å². The van der Waals surface area contributed by atoms with E-state index < -0.39 is 0 Å². The molecule has 196 valence electrons. The Morgan fingerprint density at radius 2 is 1.94 bits per heavy atom. The molecule has 0 saturated carbocycles. The smallest absolute Gasteiger partial charge is 0.0419 e. The lowest BCUT2D eigenvalue weighted by Crippen LogP contribution is -2.59. The van der Waals surface area contributed by atoms with Crippen LogP contribution in [0.25, 0.3) is 0 Å². The molecule has 0 aromatic heterocycles. The first-order valence-electron chi connectivity index (χ1n) is 14.4. The van der Waals surface area contributed by atoms with Gasteiger partial charge in [-0.15, -0.1) is 6.58 Å². The number of likely N-dealkylation sites (tertiary alicyclic amines) is 2. The van der Waals surface area contributed by atoms with Crippen LogP contribution in [-0.4, -0.2) is 49.1 Å². The summed E-state index contributed by atoms with van der Waals surface area (Å²) in [4.78, 5) is 5.15. The number of fused-ring (bicyclic) bond motifs is 1. The molecule has 1 aromatic carbocycles. The van der Waals surface area contributed by atoms with E-state index in [1.165, 1.54) is 79.8 Å². The number of hydrogen-bond donors (Lipinski definition) is 1. The zero-order chi connectivity index (χ0) is 25.7. The second-order valence-corrected chi connectivity index (χ2v) is 11.5. The van der Waals surface area contributed by atoms with Crippen molar-refractivity contribution in [3.8, 4) is 0 Å². The maximum atomic E-state index is 4.59. The topological polar surface area (TPSA) is 18.5 Å². The maximum absolute atomic E-state index is 4.59. The molecule has 1 N–H and O–H groups in total.